The van der Waals surface area contributed by atoms with Crippen molar-refractivity contribution in [3.63, 3.8) is 0 Å². The Balaban J connectivity index is -0.000000270. The van der Waals surface area contributed by atoms with Crippen LogP contribution in [0.3, 0.4) is 0 Å². The summed E-state index contributed by atoms with van der Waals surface area (Å²) in [7, 11) is 0. The summed E-state index contributed by atoms with van der Waals surface area (Å²) in [6, 6.07) is 2.06. The van der Waals surface area contributed by atoms with Crippen LogP contribution >= 0.6 is 11.3 Å². The third kappa shape index (κ3) is 8.65. The fourth-order valence-corrected chi connectivity index (χ4v) is 1.31. The summed E-state index contributed by atoms with van der Waals surface area (Å²) in [5.41, 5.74) is 1.18. The number of rotatable bonds is 2. The van der Waals surface area contributed by atoms with E-state index in [1.807, 2.05) is 11.5 Å². The van der Waals surface area contributed by atoms with Crippen LogP contribution in [0.5, 0.6) is 0 Å². The monoisotopic (exact) mass is 857 g/mol. The normalized spacial score (nSPS) is 7.67. The predicted octanol–water partition coefficient (Wildman–Crippen LogP) is 1.90. The Morgan fingerprint density at radius 1 is 1.33 bits per heavy atom. The van der Waals surface area contributed by atoms with Crippen molar-refractivity contribution in [2.45, 2.75) is 0 Å². The molecule has 0 amide bonds. The zero-order chi connectivity index (χ0) is 6.53. The molecule has 0 saturated carbocycles. The summed E-state index contributed by atoms with van der Waals surface area (Å²) in [4.78, 5) is 0. The van der Waals surface area contributed by atoms with E-state index in [9.17, 15) is 0 Å². The van der Waals surface area contributed by atoms with Gasteiger partial charge in [-0.05, 0) is 0 Å². The number of hydrogen-bond donors (Lipinski definition) is 0. The van der Waals surface area contributed by atoms with Gasteiger partial charge >= 0.3 is 69.6 Å². The van der Waals surface area contributed by atoms with Crippen LogP contribution in [-0.2, 0) is 82.5 Å². The van der Waals surface area contributed by atoms with Crippen molar-refractivity contribution in [1.29, 1.82) is 0 Å². The molecule has 0 N–H and O–H groups in total. The van der Waals surface area contributed by atoms with Gasteiger partial charge in [-0.2, -0.15) is 0 Å². The minimum atomic E-state index is 0. The molecule has 0 aliphatic carbocycles. The van der Waals surface area contributed by atoms with Gasteiger partial charge in [0.05, 0.1) is 0 Å². The van der Waals surface area contributed by atoms with Crippen LogP contribution in [0, 0.1) is 5.38 Å². The minimum absolute atomic E-state index is 0. The van der Waals surface area contributed by atoms with Crippen LogP contribution in [-0.4, -0.2) is 4.40 Å². The molecule has 0 aromatic carbocycles. The molecule has 1 rings (SSSR count). The van der Waals surface area contributed by atoms with Gasteiger partial charge in [0.25, 0.3) is 0 Å². The molecule has 0 fully saturated rings. The molecular formula is C7H5SW4-. The average molecular weight is 857 g/mol. The third-order valence-electron chi connectivity index (χ3n) is 0.847. The van der Waals surface area contributed by atoms with Crippen molar-refractivity contribution >= 4 is 21.8 Å². The Hall–Kier alpha value is 2.06. The van der Waals surface area contributed by atoms with Crippen molar-refractivity contribution < 1.29 is 82.5 Å². The Kier molecular flexibility index (Phi) is 21.3. The van der Waals surface area contributed by atoms with Crippen molar-refractivity contribution in [2.24, 2.45) is 0 Å². The molecule has 0 aliphatic heterocycles. The molecule has 0 spiro atoms. The second-order valence-electron chi connectivity index (χ2n) is 1.47. The van der Waals surface area contributed by atoms with E-state index in [1.54, 1.807) is 11.3 Å². The molecule has 5 heteroatoms. The zero-order valence-corrected chi connectivity index (χ0v) is 18.5. The van der Waals surface area contributed by atoms with E-state index < -0.39 is 0 Å². The molecule has 0 unspecified atom stereocenters. The van der Waals surface area contributed by atoms with Crippen LogP contribution in [0.15, 0.2) is 17.5 Å². The molecule has 1 aromatic rings. The number of allylic oxidation sites excluding steroid dienone is 1. The Morgan fingerprint density at radius 2 is 2.00 bits per heavy atom. The summed E-state index contributed by atoms with van der Waals surface area (Å²) in [6.07, 6.45) is 4.11. The van der Waals surface area contributed by atoms with Gasteiger partial charge in [-0.3, -0.25) is 0 Å². The number of thiophene rings is 1. The van der Waals surface area contributed by atoms with Gasteiger partial charge < -0.3 is 0 Å². The van der Waals surface area contributed by atoms with Crippen molar-refractivity contribution in [1.82, 2.24) is 0 Å². The van der Waals surface area contributed by atoms with Crippen LogP contribution in [0.25, 0.3) is 6.08 Å². The van der Waals surface area contributed by atoms with Gasteiger partial charge in [-0.15, -0.1) is 0 Å². The summed E-state index contributed by atoms with van der Waals surface area (Å²) >= 11 is 3.09. The Labute approximate surface area is 131 Å². The van der Waals surface area contributed by atoms with Crippen LogP contribution in [0.1, 0.15) is 5.56 Å². The first-order chi connectivity index (χ1) is 4.43. The van der Waals surface area contributed by atoms with E-state index in [0.29, 0.717) is 0 Å². The van der Waals surface area contributed by atoms with Gasteiger partial charge in [-0.25, -0.2) is 0 Å². The first-order valence-electron chi connectivity index (χ1n) is 2.50. The quantitative estimate of drug-likeness (QED) is 0.400. The zero-order valence-electron chi connectivity index (χ0n) is 5.93. The second kappa shape index (κ2) is 13.1. The van der Waals surface area contributed by atoms with E-state index in [4.69, 9.17) is 0 Å². The summed E-state index contributed by atoms with van der Waals surface area (Å²) in [6.45, 7) is 0. The standard InChI is InChI=1S/C7H5S.4W/c1-2-3-7-4-5-8-6-7;;;;/h1-5H;;;;/q-1;;;;/b3-2-;;;;. The molecule has 0 radical (unpaired) electrons. The Morgan fingerprint density at radius 3 is 2.42 bits per heavy atom. The van der Waals surface area contributed by atoms with Crippen LogP contribution in [0.2, 0.25) is 0 Å². The topological polar surface area (TPSA) is 0 Å². The van der Waals surface area contributed by atoms with Crippen molar-refractivity contribution in [2.75, 3.05) is 0 Å². The van der Waals surface area contributed by atoms with E-state index in [1.165, 1.54) is 24.9 Å². The Bertz CT molecular complexity index is 205. The maximum atomic E-state index is 3.12. The third-order valence-corrected chi connectivity index (χ3v) is 2.04. The van der Waals surface area contributed by atoms with Crippen molar-refractivity contribution in [3.8, 4) is 0 Å². The van der Waals surface area contributed by atoms with Gasteiger partial charge in [0.15, 0.2) is 0 Å². The molecule has 1 aromatic heterocycles. The SMILES string of the molecule is [W].[W].[W].[W]=[CH]/C=C\c1[c-]scc1. The van der Waals surface area contributed by atoms with Gasteiger partial charge in [-0.1, -0.05) is 0 Å². The fourth-order valence-electron chi connectivity index (χ4n) is 0.476. The molecule has 64 valence electrons. The van der Waals surface area contributed by atoms with Gasteiger partial charge in [0, 0.05) is 63.2 Å². The molecule has 0 nitrogen and oxygen atoms in total. The molecule has 0 saturated heterocycles. The van der Waals surface area contributed by atoms with Crippen molar-refractivity contribution in [3.05, 3.63) is 28.5 Å². The first kappa shape index (κ1) is 19.6. The second-order valence-corrected chi connectivity index (χ2v) is 3.16. The van der Waals surface area contributed by atoms with Crippen LogP contribution < -0.4 is 0 Å². The maximum absolute atomic E-state index is 3.12. The fraction of sp³-hybridized carbons (Fsp3) is 0. The summed E-state index contributed by atoms with van der Waals surface area (Å²) in [5, 5.41) is 5.15. The van der Waals surface area contributed by atoms with E-state index >= 15 is 0 Å². The molecular weight excluding hydrogens is 852 g/mol. The number of hydrogen-bond acceptors (Lipinski definition) is 1. The molecule has 0 atom stereocenters. The van der Waals surface area contributed by atoms with E-state index in [2.05, 4.69) is 21.9 Å². The van der Waals surface area contributed by atoms with Crippen LogP contribution in [0.4, 0.5) is 0 Å². The first-order valence-corrected chi connectivity index (χ1v) is 5.08. The molecule has 12 heavy (non-hydrogen) atoms. The summed E-state index contributed by atoms with van der Waals surface area (Å²) < 4.78 is 2.09. The molecule has 1 heterocycles. The average Bonchev–Trinajstić information content (AvgIpc) is 2.34. The molecule has 0 aliphatic rings. The van der Waals surface area contributed by atoms with E-state index in [-0.39, 0.29) is 63.2 Å². The summed E-state index contributed by atoms with van der Waals surface area (Å²) in [5.74, 6) is 0. The van der Waals surface area contributed by atoms with E-state index in [0.717, 1.165) is 0 Å². The molecule has 0 bridgehead atoms. The predicted molar refractivity (Wildman–Crippen MR) is 38.3 cm³/mol. The van der Waals surface area contributed by atoms with Gasteiger partial charge in [0.2, 0.25) is 0 Å². The van der Waals surface area contributed by atoms with Gasteiger partial charge in [0.1, 0.15) is 0 Å².